The molecule has 6 nitrogen and oxygen atoms in total. The molecule has 0 spiro atoms. The van der Waals surface area contributed by atoms with Gasteiger partial charge in [-0.05, 0) is 19.1 Å². The van der Waals surface area contributed by atoms with Crippen LogP contribution in [0.1, 0.15) is 15.9 Å². The Kier molecular flexibility index (Phi) is 5.01. The maximum absolute atomic E-state index is 12.9. The van der Waals surface area contributed by atoms with Crippen LogP contribution in [0.15, 0.2) is 79.5 Å². The Labute approximate surface area is 163 Å². The largest absolute Gasteiger partial charge is 0.350 e. The first-order valence-electron chi connectivity index (χ1n) is 9.17. The average molecular weight is 371 g/mol. The van der Waals surface area contributed by atoms with Gasteiger partial charge in [0.05, 0.1) is 17.6 Å². The van der Waals surface area contributed by atoms with Gasteiger partial charge in [-0.15, -0.1) is 0 Å². The number of nitrogens with zero attached hydrogens (tertiary/aromatic N) is 4. The van der Waals surface area contributed by atoms with Crippen molar-refractivity contribution in [2.45, 2.75) is 13.5 Å². The lowest BCUT2D eigenvalue weighted by atomic mass is 10.1. The Balaban J connectivity index is 1.62. The van der Waals surface area contributed by atoms with E-state index >= 15 is 0 Å². The summed E-state index contributed by atoms with van der Waals surface area (Å²) in [6.07, 6.45) is 7.12. The minimum absolute atomic E-state index is 0.141. The van der Waals surface area contributed by atoms with Gasteiger partial charge in [0.1, 0.15) is 5.69 Å². The van der Waals surface area contributed by atoms with Crippen molar-refractivity contribution in [3.05, 3.63) is 90.6 Å². The number of hydrogen-bond donors (Lipinski definition) is 1. The second-order valence-electron chi connectivity index (χ2n) is 6.59. The van der Waals surface area contributed by atoms with Gasteiger partial charge in [-0.3, -0.25) is 4.79 Å². The van der Waals surface area contributed by atoms with Gasteiger partial charge in [0, 0.05) is 37.2 Å². The van der Waals surface area contributed by atoms with Crippen LogP contribution in [0.5, 0.6) is 0 Å². The molecule has 0 aliphatic rings. The van der Waals surface area contributed by atoms with Crippen LogP contribution in [0.3, 0.4) is 0 Å². The third kappa shape index (κ3) is 3.86. The summed E-state index contributed by atoms with van der Waals surface area (Å²) in [7, 11) is 0. The van der Waals surface area contributed by atoms with Gasteiger partial charge in [-0.1, -0.05) is 48.0 Å². The molecule has 0 radical (unpaired) electrons. The zero-order valence-electron chi connectivity index (χ0n) is 15.6. The molecular formula is C22H21N5O. The molecule has 2 aromatic carbocycles. The predicted octanol–water partition coefficient (Wildman–Crippen LogP) is 3.47. The molecule has 1 N–H and O–H groups in total. The fourth-order valence-corrected chi connectivity index (χ4v) is 2.99. The Morgan fingerprint density at radius 3 is 2.57 bits per heavy atom. The molecule has 28 heavy (non-hydrogen) atoms. The van der Waals surface area contributed by atoms with Crippen molar-refractivity contribution in [2.75, 3.05) is 6.54 Å². The number of carbonyl (C=O) groups excluding carboxylic acids is 1. The SMILES string of the molecule is Cc1ccc(-c2nn(-c3ccccc3)cc2C(=O)NCCn2ccnc2)cc1. The quantitative estimate of drug-likeness (QED) is 0.564. The molecule has 0 bridgehead atoms. The van der Waals surface area contributed by atoms with Crippen molar-refractivity contribution >= 4 is 5.91 Å². The Bertz CT molecular complexity index is 1050. The van der Waals surface area contributed by atoms with E-state index in [1.165, 1.54) is 0 Å². The minimum atomic E-state index is -0.141. The summed E-state index contributed by atoms with van der Waals surface area (Å²) >= 11 is 0. The van der Waals surface area contributed by atoms with Crippen LogP contribution in [0.25, 0.3) is 16.9 Å². The highest BCUT2D eigenvalue weighted by Crippen LogP contribution is 2.24. The molecule has 140 valence electrons. The van der Waals surface area contributed by atoms with Gasteiger partial charge in [-0.25, -0.2) is 9.67 Å². The van der Waals surface area contributed by atoms with Crippen molar-refractivity contribution < 1.29 is 4.79 Å². The maximum atomic E-state index is 12.9. The molecular weight excluding hydrogens is 350 g/mol. The molecule has 4 aromatic rings. The van der Waals surface area contributed by atoms with Crippen molar-refractivity contribution in [3.8, 4) is 16.9 Å². The van der Waals surface area contributed by atoms with Crippen LogP contribution in [0.2, 0.25) is 0 Å². The van der Waals surface area contributed by atoms with Crippen molar-refractivity contribution in [1.82, 2.24) is 24.6 Å². The molecule has 0 aliphatic carbocycles. The van der Waals surface area contributed by atoms with E-state index in [9.17, 15) is 4.79 Å². The first-order chi connectivity index (χ1) is 13.7. The van der Waals surface area contributed by atoms with Crippen molar-refractivity contribution in [2.24, 2.45) is 0 Å². The van der Waals surface area contributed by atoms with Gasteiger partial charge in [0.2, 0.25) is 0 Å². The van der Waals surface area contributed by atoms with E-state index in [2.05, 4.69) is 10.3 Å². The number of para-hydroxylation sites is 1. The minimum Gasteiger partial charge on any atom is -0.350 e. The highest BCUT2D eigenvalue weighted by atomic mass is 16.1. The number of aromatic nitrogens is 4. The Hall–Kier alpha value is -3.67. The van der Waals surface area contributed by atoms with Crippen LogP contribution in [0.4, 0.5) is 0 Å². The number of nitrogens with one attached hydrogen (secondary N) is 1. The van der Waals surface area contributed by atoms with Crippen LogP contribution in [-0.2, 0) is 6.54 Å². The van der Waals surface area contributed by atoms with Gasteiger partial charge in [0.15, 0.2) is 0 Å². The average Bonchev–Trinajstić information content (AvgIpc) is 3.39. The molecule has 4 rings (SSSR count). The van der Waals surface area contributed by atoms with Gasteiger partial charge in [-0.2, -0.15) is 5.10 Å². The van der Waals surface area contributed by atoms with Crippen LogP contribution in [-0.4, -0.2) is 31.8 Å². The lowest BCUT2D eigenvalue weighted by Gasteiger charge is -2.06. The zero-order chi connectivity index (χ0) is 19.3. The summed E-state index contributed by atoms with van der Waals surface area (Å²) in [4.78, 5) is 16.9. The molecule has 0 unspecified atom stereocenters. The summed E-state index contributed by atoms with van der Waals surface area (Å²) in [5.41, 5.74) is 4.22. The highest BCUT2D eigenvalue weighted by molar-refractivity contribution is 5.99. The third-order valence-corrected chi connectivity index (χ3v) is 4.52. The van der Waals surface area contributed by atoms with E-state index in [-0.39, 0.29) is 5.91 Å². The van der Waals surface area contributed by atoms with Crippen LogP contribution in [0, 0.1) is 6.92 Å². The molecule has 2 heterocycles. The number of amides is 1. The van der Waals surface area contributed by atoms with E-state index in [1.807, 2.05) is 72.3 Å². The monoisotopic (exact) mass is 371 g/mol. The standard InChI is InChI=1S/C22H21N5O/c1-17-7-9-18(10-8-17)21-20(15-27(25-21)19-5-3-2-4-6-19)22(28)24-12-14-26-13-11-23-16-26/h2-11,13,15-16H,12,14H2,1H3,(H,24,28). The number of rotatable bonds is 6. The molecule has 0 saturated carbocycles. The molecule has 1 amide bonds. The lowest BCUT2D eigenvalue weighted by molar-refractivity contribution is 0.0953. The third-order valence-electron chi connectivity index (χ3n) is 4.52. The summed E-state index contributed by atoms with van der Waals surface area (Å²) in [5.74, 6) is -0.141. The Morgan fingerprint density at radius 1 is 1.07 bits per heavy atom. The summed E-state index contributed by atoms with van der Waals surface area (Å²) in [6, 6.07) is 17.8. The fourth-order valence-electron chi connectivity index (χ4n) is 2.99. The zero-order valence-corrected chi connectivity index (χ0v) is 15.6. The first-order valence-corrected chi connectivity index (χ1v) is 9.17. The number of hydrogen-bond acceptors (Lipinski definition) is 3. The smallest absolute Gasteiger partial charge is 0.255 e. The van der Waals surface area contributed by atoms with Gasteiger partial charge >= 0.3 is 0 Å². The van der Waals surface area contributed by atoms with Crippen LogP contribution < -0.4 is 5.32 Å². The molecule has 6 heteroatoms. The molecule has 0 atom stereocenters. The van der Waals surface area contributed by atoms with E-state index in [1.54, 1.807) is 23.4 Å². The van der Waals surface area contributed by atoms with Gasteiger partial charge < -0.3 is 9.88 Å². The summed E-state index contributed by atoms with van der Waals surface area (Å²) < 4.78 is 3.68. The molecule has 0 fully saturated rings. The van der Waals surface area contributed by atoms with E-state index in [4.69, 9.17) is 5.10 Å². The maximum Gasteiger partial charge on any atom is 0.255 e. The number of aryl methyl sites for hydroxylation is 1. The van der Waals surface area contributed by atoms with E-state index in [0.29, 0.717) is 24.3 Å². The summed E-state index contributed by atoms with van der Waals surface area (Å²) in [6.45, 7) is 3.22. The van der Waals surface area contributed by atoms with E-state index in [0.717, 1.165) is 16.8 Å². The van der Waals surface area contributed by atoms with Gasteiger partial charge in [0.25, 0.3) is 5.91 Å². The van der Waals surface area contributed by atoms with Crippen molar-refractivity contribution in [3.63, 3.8) is 0 Å². The molecule has 0 aliphatic heterocycles. The number of benzene rings is 2. The Morgan fingerprint density at radius 2 is 1.86 bits per heavy atom. The second-order valence-corrected chi connectivity index (χ2v) is 6.59. The second kappa shape index (κ2) is 7.92. The number of carbonyl (C=O) groups is 1. The van der Waals surface area contributed by atoms with E-state index < -0.39 is 0 Å². The predicted molar refractivity (Wildman–Crippen MR) is 108 cm³/mol. The molecule has 0 saturated heterocycles. The topological polar surface area (TPSA) is 64.7 Å². The highest BCUT2D eigenvalue weighted by Gasteiger charge is 2.18. The number of imidazole rings is 1. The fraction of sp³-hybridized carbons (Fsp3) is 0.136. The van der Waals surface area contributed by atoms with Crippen molar-refractivity contribution in [1.29, 1.82) is 0 Å². The first kappa shape index (κ1) is 17.7. The molecule has 2 aromatic heterocycles. The normalized spacial score (nSPS) is 10.8. The van der Waals surface area contributed by atoms with Crippen LogP contribution >= 0.6 is 0 Å². The lowest BCUT2D eigenvalue weighted by Crippen LogP contribution is -2.27. The summed E-state index contributed by atoms with van der Waals surface area (Å²) in [5, 5.41) is 7.68.